The minimum absolute atomic E-state index is 0.0110. The number of fused-ring (bicyclic) bond motifs is 2. The Morgan fingerprint density at radius 2 is 1.22 bits per heavy atom. The number of rotatable bonds is 4. The molecule has 2 N–H and O–H groups in total. The van der Waals surface area contributed by atoms with E-state index in [-0.39, 0.29) is 22.7 Å². The summed E-state index contributed by atoms with van der Waals surface area (Å²) in [6, 6.07) is 14.8. The van der Waals surface area contributed by atoms with Crippen LogP contribution in [0, 0.1) is 0 Å². The number of hydrogen-bond acceptors (Lipinski definition) is 5. The Labute approximate surface area is 182 Å². The van der Waals surface area contributed by atoms with Gasteiger partial charge in [0, 0.05) is 52.3 Å². The molecule has 5 rings (SSSR count). The average molecular weight is 426 g/mol. The molecular formula is C25H18N2O5. The van der Waals surface area contributed by atoms with Gasteiger partial charge in [-0.2, -0.15) is 0 Å². The lowest BCUT2D eigenvalue weighted by molar-refractivity contribution is -0.139. The van der Waals surface area contributed by atoms with Crippen LogP contribution in [0.3, 0.4) is 0 Å². The lowest BCUT2D eigenvalue weighted by Crippen LogP contribution is -2.26. The normalized spacial score (nSPS) is 14.6. The van der Waals surface area contributed by atoms with Gasteiger partial charge in [0.15, 0.2) is 11.5 Å². The molecule has 1 aliphatic carbocycles. The Kier molecular flexibility index (Phi) is 4.52. The van der Waals surface area contributed by atoms with Crippen molar-refractivity contribution in [3.05, 3.63) is 83.6 Å². The fraction of sp³-hybridized carbons (Fsp3) is 0.0800. The van der Waals surface area contributed by atoms with Gasteiger partial charge in [0.1, 0.15) is 0 Å². The van der Waals surface area contributed by atoms with Gasteiger partial charge in [-0.15, -0.1) is 0 Å². The summed E-state index contributed by atoms with van der Waals surface area (Å²) in [4.78, 5) is 45.5. The molecule has 0 fully saturated rings. The fourth-order valence-corrected chi connectivity index (χ4v) is 4.14. The Balaban J connectivity index is 1.78. The lowest BCUT2D eigenvalue weighted by Gasteiger charge is -2.22. The first-order valence-electron chi connectivity index (χ1n) is 9.94. The maximum atomic E-state index is 13.7. The highest BCUT2D eigenvalue weighted by molar-refractivity contribution is 6.48. The molecule has 4 aromatic rings. The number of allylic oxidation sites excluding steroid dienone is 2. The summed E-state index contributed by atoms with van der Waals surface area (Å²) in [5.74, 6) is -2.24. The van der Waals surface area contributed by atoms with Crippen LogP contribution in [0.2, 0.25) is 0 Å². The zero-order chi connectivity index (χ0) is 22.4. The molecule has 158 valence electrons. The average Bonchev–Trinajstić information content (AvgIpc) is 3.40. The van der Waals surface area contributed by atoms with Crippen molar-refractivity contribution in [2.45, 2.75) is 6.92 Å². The number of aromatic nitrogens is 2. The molecule has 0 bridgehead atoms. The number of methoxy groups -OCH3 is 1. The standard InChI is InChI=1S/C25H18N2O5/c1-13(28)32-25-21(17-12-27-19-10-6-4-8-15(17)19)22(29)24(31-2)20(23(25)30)16-11-26-18-9-5-3-7-14(16)18/h3-12,26-27H,1-2H3. The summed E-state index contributed by atoms with van der Waals surface area (Å²) in [5, 5.41) is 1.47. The van der Waals surface area contributed by atoms with E-state index in [9.17, 15) is 14.4 Å². The summed E-state index contributed by atoms with van der Waals surface area (Å²) in [6.07, 6.45) is 3.27. The van der Waals surface area contributed by atoms with Gasteiger partial charge >= 0.3 is 5.97 Å². The van der Waals surface area contributed by atoms with Crippen molar-refractivity contribution in [3.63, 3.8) is 0 Å². The monoisotopic (exact) mass is 426 g/mol. The molecule has 0 atom stereocenters. The van der Waals surface area contributed by atoms with Gasteiger partial charge in [0.25, 0.3) is 0 Å². The maximum Gasteiger partial charge on any atom is 0.308 e. The Morgan fingerprint density at radius 3 is 1.72 bits per heavy atom. The van der Waals surface area contributed by atoms with Crippen LogP contribution in [0.5, 0.6) is 0 Å². The van der Waals surface area contributed by atoms with E-state index in [4.69, 9.17) is 9.47 Å². The number of Topliss-reactive ketones (excluding diaryl/α,β-unsaturated/α-hetero) is 2. The quantitative estimate of drug-likeness (QED) is 0.377. The van der Waals surface area contributed by atoms with Crippen LogP contribution in [0.15, 0.2) is 72.4 Å². The topological polar surface area (TPSA) is 101 Å². The van der Waals surface area contributed by atoms with E-state index >= 15 is 0 Å². The zero-order valence-corrected chi connectivity index (χ0v) is 17.3. The molecule has 7 heteroatoms. The number of hydrogen-bond donors (Lipinski definition) is 2. The molecular weight excluding hydrogens is 408 g/mol. The number of benzene rings is 2. The number of carbonyl (C=O) groups excluding carboxylic acids is 3. The van der Waals surface area contributed by atoms with E-state index < -0.39 is 17.5 Å². The van der Waals surface area contributed by atoms with Crippen LogP contribution in [-0.4, -0.2) is 34.6 Å². The molecule has 32 heavy (non-hydrogen) atoms. The molecule has 0 unspecified atom stereocenters. The summed E-state index contributed by atoms with van der Waals surface area (Å²) in [5.41, 5.74) is 2.58. The van der Waals surface area contributed by atoms with Gasteiger partial charge in [-0.05, 0) is 12.1 Å². The van der Waals surface area contributed by atoms with Crippen molar-refractivity contribution >= 4 is 50.5 Å². The molecule has 0 saturated heterocycles. The number of carbonyl (C=O) groups is 3. The molecule has 0 radical (unpaired) electrons. The van der Waals surface area contributed by atoms with Gasteiger partial charge in [-0.25, -0.2) is 0 Å². The maximum absolute atomic E-state index is 13.7. The minimum atomic E-state index is -0.697. The van der Waals surface area contributed by atoms with Crippen molar-refractivity contribution in [2.75, 3.05) is 7.11 Å². The smallest absolute Gasteiger partial charge is 0.308 e. The molecule has 2 aromatic carbocycles. The number of para-hydroxylation sites is 2. The van der Waals surface area contributed by atoms with E-state index in [0.29, 0.717) is 11.1 Å². The zero-order valence-electron chi connectivity index (χ0n) is 17.3. The second kappa shape index (κ2) is 7.39. The minimum Gasteiger partial charge on any atom is -0.492 e. The first-order chi connectivity index (χ1) is 15.5. The number of ether oxygens (including phenoxy) is 2. The molecule has 7 nitrogen and oxygen atoms in total. The summed E-state index contributed by atoms with van der Waals surface area (Å²) >= 11 is 0. The third-order valence-electron chi connectivity index (χ3n) is 5.49. The highest BCUT2D eigenvalue weighted by Crippen LogP contribution is 2.40. The van der Waals surface area contributed by atoms with Gasteiger partial charge in [-0.1, -0.05) is 36.4 Å². The van der Waals surface area contributed by atoms with E-state index in [1.807, 2.05) is 48.5 Å². The van der Waals surface area contributed by atoms with Crippen molar-refractivity contribution in [1.29, 1.82) is 0 Å². The van der Waals surface area contributed by atoms with Crippen molar-refractivity contribution in [3.8, 4) is 0 Å². The second-order valence-electron chi connectivity index (χ2n) is 7.36. The predicted molar refractivity (Wildman–Crippen MR) is 119 cm³/mol. The Hall–Kier alpha value is -4.39. The molecule has 0 amide bonds. The molecule has 2 heterocycles. The SMILES string of the molecule is COC1=C(c2c[nH]c3ccccc23)C(=O)C(OC(C)=O)=C(c2c[nH]c3ccccc23)C1=O. The second-order valence-corrected chi connectivity index (χ2v) is 7.36. The van der Waals surface area contributed by atoms with Crippen molar-refractivity contribution < 1.29 is 23.9 Å². The van der Waals surface area contributed by atoms with Crippen LogP contribution in [0.25, 0.3) is 33.0 Å². The predicted octanol–water partition coefficient (Wildman–Crippen LogP) is 4.13. The van der Waals surface area contributed by atoms with Gasteiger partial charge < -0.3 is 19.4 Å². The van der Waals surface area contributed by atoms with Crippen LogP contribution < -0.4 is 0 Å². The number of nitrogens with one attached hydrogen (secondary N) is 2. The first-order valence-corrected chi connectivity index (χ1v) is 9.94. The number of esters is 1. The fourth-order valence-electron chi connectivity index (χ4n) is 4.14. The third-order valence-corrected chi connectivity index (χ3v) is 5.49. The van der Waals surface area contributed by atoms with Crippen LogP contribution >= 0.6 is 0 Å². The summed E-state index contributed by atoms with van der Waals surface area (Å²) in [6.45, 7) is 1.19. The molecule has 0 saturated carbocycles. The largest absolute Gasteiger partial charge is 0.492 e. The Bertz CT molecular complexity index is 1500. The highest BCUT2D eigenvalue weighted by atomic mass is 16.5. The van der Waals surface area contributed by atoms with Gasteiger partial charge in [0.05, 0.1) is 18.3 Å². The van der Waals surface area contributed by atoms with E-state index in [1.165, 1.54) is 14.0 Å². The van der Waals surface area contributed by atoms with Crippen molar-refractivity contribution in [1.82, 2.24) is 9.97 Å². The molecule has 1 aliphatic rings. The first kappa shape index (κ1) is 19.6. The molecule has 0 aliphatic heterocycles. The van der Waals surface area contributed by atoms with E-state index in [0.717, 1.165) is 21.8 Å². The highest BCUT2D eigenvalue weighted by Gasteiger charge is 2.40. The van der Waals surface area contributed by atoms with Crippen molar-refractivity contribution in [2.24, 2.45) is 0 Å². The van der Waals surface area contributed by atoms with Gasteiger partial charge in [0.2, 0.25) is 11.6 Å². The summed E-state index contributed by atoms with van der Waals surface area (Å²) in [7, 11) is 1.35. The summed E-state index contributed by atoms with van der Waals surface area (Å²) < 4.78 is 10.8. The van der Waals surface area contributed by atoms with Gasteiger partial charge in [-0.3, -0.25) is 14.4 Å². The number of aromatic amines is 2. The Morgan fingerprint density at radius 1 is 0.750 bits per heavy atom. The molecule has 2 aromatic heterocycles. The number of ketones is 2. The third kappa shape index (κ3) is 2.86. The van der Waals surface area contributed by atoms with E-state index in [1.54, 1.807) is 12.4 Å². The van der Waals surface area contributed by atoms with E-state index in [2.05, 4.69) is 9.97 Å². The lowest BCUT2D eigenvalue weighted by atomic mass is 9.85. The number of H-pyrrole nitrogens is 2. The van der Waals surface area contributed by atoms with Crippen LogP contribution in [0.1, 0.15) is 18.1 Å². The van der Waals surface area contributed by atoms with Crippen LogP contribution in [-0.2, 0) is 23.9 Å². The van der Waals surface area contributed by atoms with Crippen LogP contribution in [0.4, 0.5) is 0 Å². The molecule has 0 spiro atoms.